The van der Waals surface area contributed by atoms with E-state index in [2.05, 4.69) is 53.8 Å². The number of hydrogen-bond donors (Lipinski definition) is 1. The maximum Gasteiger partial charge on any atom is 0.220 e. The van der Waals surface area contributed by atoms with Crippen LogP contribution in [-0.4, -0.2) is 17.4 Å². The van der Waals surface area contributed by atoms with Crippen molar-refractivity contribution in [2.24, 2.45) is 5.92 Å². The van der Waals surface area contributed by atoms with Crippen molar-refractivity contribution < 1.29 is 4.79 Å². The van der Waals surface area contributed by atoms with E-state index in [1.807, 2.05) is 6.92 Å². The van der Waals surface area contributed by atoms with Crippen LogP contribution in [0.5, 0.6) is 0 Å². The van der Waals surface area contributed by atoms with Crippen LogP contribution in [0, 0.1) is 12.8 Å². The standard InChI is InChI=1S/C19H26N2OS/c1-4-5-14(2)12-19(22)20-11-10-16-6-8-17(9-7-16)18-13-23-15(3)21-18/h6-9,13-14H,4-5,10-12H2,1-3H3,(H,20,22). The minimum atomic E-state index is 0.167. The summed E-state index contributed by atoms with van der Waals surface area (Å²) in [6.45, 7) is 7.02. The molecular weight excluding hydrogens is 304 g/mol. The number of carbonyl (C=O) groups is 1. The quantitative estimate of drug-likeness (QED) is 0.768. The van der Waals surface area contributed by atoms with Crippen molar-refractivity contribution in [3.63, 3.8) is 0 Å². The van der Waals surface area contributed by atoms with Gasteiger partial charge >= 0.3 is 0 Å². The highest BCUT2D eigenvalue weighted by atomic mass is 32.1. The zero-order chi connectivity index (χ0) is 16.7. The number of benzene rings is 1. The summed E-state index contributed by atoms with van der Waals surface area (Å²) in [5, 5.41) is 6.19. The maximum absolute atomic E-state index is 11.8. The van der Waals surface area contributed by atoms with Crippen LogP contribution in [0.1, 0.15) is 43.7 Å². The summed E-state index contributed by atoms with van der Waals surface area (Å²) in [6, 6.07) is 8.45. The van der Waals surface area contributed by atoms with Gasteiger partial charge in [-0.15, -0.1) is 11.3 Å². The summed E-state index contributed by atoms with van der Waals surface area (Å²) >= 11 is 1.67. The fourth-order valence-corrected chi connectivity index (χ4v) is 3.29. The molecule has 124 valence electrons. The van der Waals surface area contributed by atoms with Crippen molar-refractivity contribution in [1.82, 2.24) is 10.3 Å². The highest BCUT2D eigenvalue weighted by molar-refractivity contribution is 7.09. The lowest BCUT2D eigenvalue weighted by atomic mass is 10.0. The first-order valence-electron chi connectivity index (χ1n) is 8.36. The Kier molecular flexibility index (Phi) is 6.78. The molecule has 0 aliphatic rings. The van der Waals surface area contributed by atoms with Crippen LogP contribution in [0.25, 0.3) is 11.3 Å². The molecule has 1 aromatic carbocycles. The molecule has 23 heavy (non-hydrogen) atoms. The van der Waals surface area contributed by atoms with Gasteiger partial charge in [-0.3, -0.25) is 4.79 Å². The Hall–Kier alpha value is -1.68. The van der Waals surface area contributed by atoms with Gasteiger partial charge in [0.05, 0.1) is 10.7 Å². The molecule has 0 saturated heterocycles. The molecule has 0 aliphatic heterocycles. The molecule has 2 aromatic rings. The minimum absolute atomic E-state index is 0.167. The van der Waals surface area contributed by atoms with E-state index in [-0.39, 0.29) is 5.91 Å². The summed E-state index contributed by atoms with van der Waals surface area (Å²) in [5.74, 6) is 0.640. The van der Waals surface area contributed by atoms with Crippen molar-refractivity contribution in [3.05, 3.63) is 40.2 Å². The Bertz CT molecular complexity index is 619. The largest absolute Gasteiger partial charge is 0.356 e. The summed E-state index contributed by atoms with van der Waals surface area (Å²) in [6.07, 6.45) is 3.75. The Morgan fingerprint density at radius 2 is 2.04 bits per heavy atom. The minimum Gasteiger partial charge on any atom is -0.356 e. The zero-order valence-electron chi connectivity index (χ0n) is 14.3. The summed E-state index contributed by atoms with van der Waals surface area (Å²) in [5.41, 5.74) is 3.43. The molecule has 0 fully saturated rings. The highest BCUT2D eigenvalue weighted by Crippen LogP contribution is 2.21. The van der Waals surface area contributed by atoms with Crippen molar-refractivity contribution in [2.45, 2.75) is 46.5 Å². The van der Waals surface area contributed by atoms with Crippen molar-refractivity contribution >= 4 is 17.2 Å². The third kappa shape index (κ3) is 5.79. The van der Waals surface area contributed by atoms with E-state index in [0.717, 1.165) is 35.5 Å². The van der Waals surface area contributed by atoms with Crippen LogP contribution in [0.4, 0.5) is 0 Å². The molecule has 2 rings (SSSR count). The predicted octanol–water partition coefficient (Wildman–Crippen LogP) is 4.60. The van der Waals surface area contributed by atoms with Crippen LogP contribution in [0.2, 0.25) is 0 Å². The lowest BCUT2D eigenvalue weighted by Crippen LogP contribution is -2.27. The molecule has 0 spiro atoms. The van der Waals surface area contributed by atoms with Crippen LogP contribution in [0.3, 0.4) is 0 Å². The van der Waals surface area contributed by atoms with Crippen molar-refractivity contribution in [2.75, 3.05) is 6.54 Å². The number of carbonyl (C=O) groups excluding carboxylic acids is 1. The molecule has 1 heterocycles. The predicted molar refractivity (Wildman–Crippen MR) is 97.7 cm³/mol. The van der Waals surface area contributed by atoms with Gasteiger partial charge < -0.3 is 5.32 Å². The van der Waals surface area contributed by atoms with Gasteiger partial charge in [-0.2, -0.15) is 0 Å². The molecule has 4 heteroatoms. The van der Waals surface area contributed by atoms with E-state index in [1.165, 1.54) is 5.56 Å². The highest BCUT2D eigenvalue weighted by Gasteiger charge is 2.08. The number of aromatic nitrogens is 1. The Balaban J connectivity index is 1.77. The van der Waals surface area contributed by atoms with Gasteiger partial charge in [-0.05, 0) is 24.8 Å². The van der Waals surface area contributed by atoms with E-state index < -0.39 is 0 Å². The topological polar surface area (TPSA) is 42.0 Å². The third-order valence-corrected chi connectivity index (χ3v) is 4.69. The number of thiazole rings is 1. The van der Waals surface area contributed by atoms with E-state index >= 15 is 0 Å². The second-order valence-corrected chi connectivity index (χ2v) is 7.21. The van der Waals surface area contributed by atoms with Crippen LogP contribution in [0.15, 0.2) is 29.6 Å². The zero-order valence-corrected chi connectivity index (χ0v) is 15.1. The maximum atomic E-state index is 11.8. The van der Waals surface area contributed by atoms with Crippen LogP contribution >= 0.6 is 11.3 Å². The van der Waals surface area contributed by atoms with Gasteiger partial charge in [-0.25, -0.2) is 4.98 Å². The van der Waals surface area contributed by atoms with Gasteiger partial charge in [0.25, 0.3) is 0 Å². The second kappa shape index (κ2) is 8.82. The van der Waals surface area contributed by atoms with E-state index in [1.54, 1.807) is 11.3 Å². The number of nitrogens with zero attached hydrogens (tertiary/aromatic N) is 1. The SMILES string of the molecule is CCCC(C)CC(=O)NCCc1ccc(-c2csc(C)n2)cc1. The Labute approximate surface area is 143 Å². The average molecular weight is 330 g/mol. The molecule has 0 aliphatic carbocycles. The van der Waals surface area contributed by atoms with E-state index in [9.17, 15) is 4.79 Å². The summed E-state index contributed by atoms with van der Waals surface area (Å²) in [4.78, 5) is 16.3. The number of amides is 1. The fourth-order valence-electron chi connectivity index (χ4n) is 2.67. The first-order valence-corrected chi connectivity index (χ1v) is 9.24. The van der Waals surface area contributed by atoms with Crippen molar-refractivity contribution in [1.29, 1.82) is 0 Å². The lowest BCUT2D eigenvalue weighted by Gasteiger charge is -2.10. The van der Waals surface area contributed by atoms with Gasteiger partial charge in [0.15, 0.2) is 0 Å². The van der Waals surface area contributed by atoms with Gasteiger partial charge in [-0.1, -0.05) is 51.0 Å². The Morgan fingerprint density at radius 1 is 1.30 bits per heavy atom. The number of rotatable bonds is 8. The fraction of sp³-hybridized carbons (Fsp3) is 0.474. The number of hydrogen-bond acceptors (Lipinski definition) is 3. The lowest BCUT2D eigenvalue weighted by molar-refractivity contribution is -0.121. The van der Waals surface area contributed by atoms with Crippen LogP contribution < -0.4 is 5.32 Å². The number of nitrogens with one attached hydrogen (secondary N) is 1. The first kappa shape index (κ1) is 17.7. The van der Waals surface area contributed by atoms with Crippen molar-refractivity contribution in [3.8, 4) is 11.3 Å². The van der Waals surface area contributed by atoms with Gasteiger partial charge in [0, 0.05) is 23.9 Å². The Morgan fingerprint density at radius 3 is 2.65 bits per heavy atom. The van der Waals surface area contributed by atoms with E-state index in [4.69, 9.17) is 0 Å². The molecule has 0 bridgehead atoms. The average Bonchev–Trinajstić information content (AvgIpc) is 2.94. The first-order chi connectivity index (χ1) is 11.1. The summed E-state index contributed by atoms with van der Waals surface area (Å²) in [7, 11) is 0. The third-order valence-electron chi connectivity index (χ3n) is 3.92. The molecule has 1 N–H and O–H groups in total. The molecule has 1 atom stereocenters. The molecule has 1 aromatic heterocycles. The van der Waals surface area contributed by atoms with Crippen LogP contribution in [-0.2, 0) is 11.2 Å². The molecule has 0 saturated carbocycles. The second-order valence-electron chi connectivity index (χ2n) is 6.15. The molecule has 3 nitrogen and oxygen atoms in total. The van der Waals surface area contributed by atoms with E-state index in [0.29, 0.717) is 18.9 Å². The normalized spacial score (nSPS) is 12.1. The summed E-state index contributed by atoms with van der Waals surface area (Å²) < 4.78 is 0. The van der Waals surface area contributed by atoms with Gasteiger partial charge in [0.2, 0.25) is 5.91 Å². The number of aryl methyl sites for hydroxylation is 1. The smallest absolute Gasteiger partial charge is 0.220 e. The molecule has 1 amide bonds. The molecular formula is C19H26N2OS. The molecule has 1 unspecified atom stereocenters. The monoisotopic (exact) mass is 330 g/mol. The molecule has 0 radical (unpaired) electrons. The van der Waals surface area contributed by atoms with Gasteiger partial charge in [0.1, 0.15) is 0 Å².